The Morgan fingerprint density at radius 3 is 2.68 bits per heavy atom. The largest absolute Gasteiger partial charge is 0.347 e. The zero-order valence-corrected chi connectivity index (χ0v) is 14.0. The Bertz CT molecular complexity index is 946. The van der Waals surface area contributed by atoms with Gasteiger partial charge in [-0.2, -0.15) is 9.61 Å². The van der Waals surface area contributed by atoms with Gasteiger partial charge in [-0.25, -0.2) is 4.39 Å². The van der Waals surface area contributed by atoms with Crippen LogP contribution in [0.5, 0.6) is 0 Å². The summed E-state index contributed by atoms with van der Waals surface area (Å²) in [5.41, 5.74) is 2.78. The highest BCUT2D eigenvalue weighted by Crippen LogP contribution is 2.32. The quantitative estimate of drug-likeness (QED) is 0.793. The van der Waals surface area contributed by atoms with Gasteiger partial charge in [-0.05, 0) is 68.5 Å². The Morgan fingerprint density at radius 2 is 2.00 bits per heavy atom. The van der Waals surface area contributed by atoms with E-state index in [0.717, 1.165) is 24.0 Å². The molecule has 1 N–H and O–H groups in total. The maximum absolute atomic E-state index is 13.1. The van der Waals surface area contributed by atoms with Crippen molar-refractivity contribution in [1.29, 1.82) is 0 Å². The van der Waals surface area contributed by atoms with Gasteiger partial charge in [-0.1, -0.05) is 0 Å². The zero-order chi connectivity index (χ0) is 17.6. The molecule has 1 aliphatic carbocycles. The van der Waals surface area contributed by atoms with Crippen molar-refractivity contribution in [1.82, 2.24) is 25.1 Å². The fourth-order valence-corrected chi connectivity index (χ4v) is 2.92. The fraction of sp³-hybridized carbons (Fsp3) is 0.333. The third-order valence-electron chi connectivity index (χ3n) is 4.59. The molecule has 1 aliphatic rings. The molecule has 1 atom stereocenters. The molecular weight excluding hydrogens is 321 g/mol. The number of carbonyl (C=O) groups excluding carboxylic acids is 1. The molecule has 3 aromatic rings. The maximum atomic E-state index is 13.1. The predicted octanol–water partition coefficient (Wildman–Crippen LogP) is 2.77. The first-order valence-corrected chi connectivity index (χ1v) is 8.33. The molecule has 0 saturated heterocycles. The molecule has 1 saturated carbocycles. The number of amides is 1. The Labute approximate surface area is 144 Å². The van der Waals surface area contributed by atoms with Crippen LogP contribution in [-0.2, 0) is 0 Å². The highest BCUT2D eigenvalue weighted by atomic mass is 19.1. The van der Waals surface area contributed by atoms with Crippen LogP contribution in [0.15, 0.2) is 30.3 Å². The molecule has 2 heterocycles. The van der Waals surface area contributed by atoms with Crippen molar-refractivity contribution in [2.75, 3.05) is 0 Å². The number of hydrogen-bond acceptors (Lipinski definition) is 4. The van der Waals surface area contributed by atoms with E-state index in [1.165, 1.54) is 16.6 Å². The standard InChI is InChI=1S/C18H18FN5O/c1-10-9-15(13-5-7-14(19)8-6-13)23-24-16(10)21-22-17(24)18(25)20-11(2)12-3-4-12/h5-9,11-12H,3-4H2,1-2H3,(H,20,25)/t11-/m0/s1. The molecule has 7 heteroatoms. The number of fused-ring (bicyclic) bond motifs is 1. The van der Waals surface area contributed by atoms with Crippen LogP contribution in [0.4, 0.5) is 4.39 Å². The lowest BCUT2D eigenvalue weighted by Crippen LogP contribution is -2.35. The van der Waals surface area contributed by atoms with Gasteiger partial charge in [0.05, 0.1) is 5.69 Å². The molecule has 6 nitrogen and oxygen atoms in total. The van der Waals surface area contributed by atoms with E-state index in [1.54, 1.807) is 12.1 Å². The molecule has 0 bridgehead atoms. The Morgan fingerprint density at radius 1 is 1.28 bits per heavy atom. The van der Waals surface area contributed by atoms with Crippen LogP contribution >= 0.6 is 0 Å². The third kappa shape index (κ3) is 2.97. The van der Waals surface area contributed by atoms with Crippen molar-refractivity contribution in [2.24, 2.45) is 5.92 Å². The first-order chi connectivity index (χ1) is 12.0. The van der Waals surface area contributed by atoms with E-state index in [2.05, 4.69) is 20.6 Å². The van der Waals surface area contributed by atoms with E-state index in [0.29, 0.717) is 17.3 Å². The van der Waals surface area contributed by atoms with Crippen LogP contribution in [0.3, 0.4) is 0 Å². The van der Waals surface area contributed by atoms with Crippen molar-refractivity contribution in [3.8, 4) is 11.3 Å². The zero-order valence-electron chi connectivity index (χ0n) is 14.0. The second-order valence-electron chi connectivity index (χ2n) is 6.58. The number of nitrogens with one attached hydrogen (secondary N) is 1. The third-order valence-corrected chi connectivity index (χ3v) is 4.59. The average molecular weight is 339 g/mol. The smallest absolute Gasteiger partial charge is 0.291 e. The minimum Gasteiger partial charge on any atom is -0.347 e. The number of nitrogens with zero attached hydrogens (tertiary/aromatic N) is 4. The molecule has 0 spiro atoms. The summed E-state index contributed by atoms with van der Waals surface area (Å²) in [4.78, 5) is 12.5. The Hall–Kier alpha value is -2.83. The predicted molar refractivity (Wildman–Crippen MR) is 90.6 cm³/mol. The Kier molecular flexibility index (Phi) is 3.71. The average Bonchev–Trinajstić information content (AvgIpc) is 3.35. The van der Waals surface area contributed by atoms with Crippen molar-refractivity contribution < 1.29 is 9.18 Å². The first kappa shape index (κ1) is 15.7. The van der Waals surface area contributed by atoms with Gasteiger partial charge in [0.1, 0.15) is 5.82 Å². The van der Waals surface area contributed by atoms with Crippen molar-refractivity contribution in [3.05, 3.63) is 47.5 Å². The minimum atomic E-state index is -0.306. The lowest BCUT2D eigenvalue weighted by atomic mass is 10.1. The van der Waals surface area contributed by atoms with Crippen molar-refractivity contribution >= 4 is 11.6 Å². The fourth-order valence-electron chi connectivity index (χ4n) is 2.92. The van der Waals surface area contributed by atoms with Crippen LogP contribution in [0.25, 0.3) is 16.9 Å². The van der Waals surface area contributed by atoms with Gasteiger partial charge in [0, 0.05) is 11.6 Å². The van der Waals surface area contributed by atoms with Crippen LogP contribution in [0.1, 0.15) is 35.9 Å². The molecule has 1 fully saturated rings. The van der Waals surface area contributed by atoms with Gasteiger partial charge in [0.25, 0.3) is 5.91 Å². The molecule has 1 aromatic carbocycles. The molecule has 1 amide bonds. The lowest BCUT2D eigenvalue weighted by molar-refractivity contribution is 0.0923. The van der Waals surface area contributed by atoms with Gasteiger partial charge in [-0.15, -0.1) is 10.2 Å². The number of carbonyl (C=O) groups is 1. The topological polar surface area (TPSA) is 72.2 Å². The summed E-state index contributed by atoms with van der Waals surface area (Å²) in [6, 6.07) is 8.04. The van der Waals surface area contributed by atoms with Gasteiger partial charge >= 0.3 is 0 Å². The highest BCUT2D eigenvalue weighted by Gasteiger charge is 2.30. The summed E-state index contributed by atoms with van der Waals surface area (Å²) in [7, 11) is 0. The second-order valence-corrected chi connectivity index (χ2v) is 6.58. The Balaban J connectivity index is 1.73. The van der Waals surface area contributed by atoms with Crippen LogP contribution in [0, 0.1) is 18.7 Å². The van der Waals surface area contributed by atoms with E-state index in [1.807, 2.05) is 19.9 Å². The second kappa shape index (κ2) is 5.91. The number of hydrogen-bond donors (Lipinski definition) is 1. The van der Waals surface area contributed by atoms with E-state index < -0.39 is 0 Å². The summed E-state index contributed by atoms with van der Waals surface area (Å²) >= 11 is 0. The van der Waals surface area contributed by atoms with Crippen molar-refractivity contribution in [2.45, 2.75) is 32.7 Å². The number of benzene rings is 1. The molecule has 0 unspecified atom stereocenters. The minimum absolute atomic E-state index is 0.112. The van der Waals surface area contributed by atoms with Gasteiger partial charge in [0.2, 0.25) is 5.82 Å². The van der Waals surface area contributed by atoms with E-state index in [4.69, 9.17) is 0 Å². The summed E-state index contributed by atoms with van der Waals surface area (Å²) < 4.78 is 14.6. The van der Waals surface area contributed by atoms with Gasteiger partial charge < -0.3 is 5.32 Å². The van der Waals surface area contributed by atoms with Crippen LogP contribution < -0.4 is 5.32 Å². The molecule has 25 heavy (non-hydrogen) atoms. The molecule has 0 aliphatic heterocycles. The van der Waals surface area contributed by atoms with Crippen LogP contribution in [0.2, 0.25) is 0 Å². The SMILES string of the molecule is Cc1cc(-c2ccc(F)cc2)nn2c(C(=O)N[C@@H](C)C3CC3)nnc12. The monoisotopic (exact) mass is 339 g/mol. The molecule has 128 valence electrons. The van der Waals surface area contributed by atoms with E-state index in [-0.39, 0.29) is 23.6 Å². The lowest BCUT2D eigenvalue weighted by Gasteiger charge is -2.11. The number of aryl methyl sites for hydroxylation is 1. The highest BCUT2D eigenvalue weighted by molar-refractivity contribution is 5.91. The van der Waals surface area contributed by atoms with Crippen molar-refractivity contribution in [3.63, 3.8) is 0 Å². The van der Waals surface area contributed by atoms with Crippen LogP contribution in [-0.4, -0.2) is 31.8 Å². The van der Waals surface area contributed by atoms with Gasteiger partial charge in [-0.3, -0.25) is 4.79 Å². The first-order valence-electron chi connectivity index (χ1n) is 8.33. The summed E-state index contributed by atoms with van der Waals surface area (Å²) in [6.45, 7) is 3.88. The molecule has 2 aromatic heterocycles. The molecule has 0 radical (unpaired) electrons. The normalized spacial score (nSPS) is 15.3. The number of aromatic nitrogens is 4. The molecular formula is C18H18FN5O. The van der Waals surface area contributed by atoms with Gasteiger partial charge in [0.15, 0.2) is 5.65 Å². The maximum Gasteiger partial charge on any atom is 0.291 e. The number of halogens is 1. The summed E-state index contributed by atoms with van der Waals surface area (Å²) in [5, 5.41) is 15.6. The molecule has 4 rings (SSSR count). The summed E-state index contributed by atoms with van der Waals surface area (Å²) in [5.74, 6) is 0.122. The van der Waals surface area contributed by atoms with E-state index >= 15 is 0 Å². The summed E-state index contributed by atoms with van der Waals surface area (Å²) in [6.07, 6.45) is 2.29. The van der Waals surface area contributed by atoms with E-state index in [9.17, 15) is 9.18 Å². The number of rotatable bonds is 4.